The minimum absolute atomic E-state index is 0.0808. The van der Waals surface area contributed by atoms with Crippen molar-refractivity contribution in [3.8, 4) is 0 Å². The Bertz CT molecular complexity index is 615. The summed E-state index contributed by atoms with van der Waals surface area (Å²) in [7, 11) is -3.25. The van der Waals surface area contributed by atoms with E-state index in [-0.39, 0.29) is 23.3 Å². The molecule has 0 heterocycles. The summed E-state index contributed by atoms with van der Waals surface area (Å²) in [6, 6.07) is 9.55. The predicted molar refractivity (Wildman–Crippen MR) is 88.1 cm³/mol. The van der Waals surface area contributed by atoms with Gasteiger partial charge in [0.25, 0.3) is 0 Å². The van der Waals surface area contributed by atoms with Crippen LogP contribution in [0.1, 0.15) is 25.3 Å². The van der Waals surface area contributed by atoms with E-state index >= 15 is 0 Å². The highest BCUT2D eigenvalue weighted by molar-refractivity contribution is 7.92. The lowest BCUT2D eigenvalue weighted by Crippen LogP contribution is -2.33. The zero-order chi connectivity index (χ0) is 15.7. The molecule has 6 heteroatoms. The summed E-state index contributed by atoms with van der Waals surface area (Å²) in [6.45, 7) is 4.28. The van der Waals surface area contributed by atoms with Crippen LogP contribution >= 0.6 is 12.2 Å². The number of hydrogen-bond donors (Lipinski definition) is 1. The maximum absolute atomic E-state index is 12.5. The standard InChI is InChI=1S/C15H21NO3S2/c1-3-19-10-15(14(16)20)12(11-8-6-5-7-9-11)13(15)21(17,18)4-2/h5-9,12-13H,3-4,10H2,1-2H3,(H2,16,20). The van der Waals surface area contributed by atoms with Crippen molar-refractivity contribution in [1.82, 2.24) is 0 Å². The van der Waals surface area contributed by atoms with E-state index < -0.39 is 20.5 Å². The Balaban J connectivity index is 2.47. The fraction of sp³-hybridized carbons (Fsp3) is 0.533. The molecule has 0 radical (unpaired) electrons. The minimum atomic E-state index is -3.25. The average Bonchev–Trinajstić information content (AvgIpc) is 3.17. The van der Waals surface area contributed by atoms with Crippen LogP contribution in [0, 0.1) is 5.41 Å². The molecule has 1 aromatic carbocycles. The molecule has 0 spiro atoms. The van der Waals surface area contributed by atoms with Crippen LogP contribution in [0.5, 0.6) is 0 Å². The van der Waals surface area contributed by atoms with Gasteiger partial charge in [-0.3, -0.25) is 0 Å². The van der Waals surface area contributed by atoms with E-state index in [4.69, 9.17) is 22.7 Å². The van der Waals surface area contributed by atoms with Crippen molar-refractivity contribution < 1.29 is 13.2 Å². The van der Waals surface area contributed by atoms with Gasteiger partial charge in [0, 0.05) is 18.3 Å². The topological polar surface area (TPSA) is 69.4 Å². The third-order valence-electron chi connectivity index (χ3n) is 4.21. The Kier molecular flexibility index (Phi) is 4.70. The van der Waals surface area contributed by atoms with E-state index in [0.29, 0.717) is 6.61 Å². The van der Waals surface area contributed by atoms with Crippen LogP contribution in [0.2, 0.25) is 0 Å². The van der Waals surface area contributed by atoms with Crippen molar-refractivity contribution in [2.75, 3.05) is 19.0 Å². The van der Waals surface area contributed by atoms with Gasteiger partial charge in [-0.1, -0.05) is 49.5 Å². The number of thiocarbonyl (C=S) groups is 1. The lowest BCUT2D eigenvalue weighted by atomic mass is 10.00. The zero-order valence-electron chi connectivity index (χ0n) is 12.3. The zero-order valence-corrected chi connectivity index (χ0v) is 13.9. The fourth-order valence-electron chi connectivity index (χ4n) is 3.05. The molecule has 3 unspecified atom stereocenters. The molecule has 0 amide bonds. The smallest absolute Gasteiger partial charge is 0.154 e. The number of rotatable bonds is 7. The Morgan fingerprint density at radius 2 is 1.95 bits per heavy atom. The quantitative estimate of drug-likeness (QED) is 0.775. The summed E-state index contributed by atoms with van der Waals surface area (Å²) in [5, 5.41) is -0.582. The number of benzene rings is 1. The first-order chi connectivity index (χ1) is 9.91. The predicted octanol–water partition coefficient (Wildman–Crippen LogP) is 1.90. The molecule has 1 fully saturated rings. The molecule has 1 saturated carbocycles. The molecule has 0 saturated heterocycles. The molecular formula is C15H21NO3S2. The van der Waals surface area contributed by atoms with Gasteiger partial charge in [0.05, 0.1) is 22.3 Å². The van der Waals surface area contributed by atoms with E-state index in [9.17, 15) is 8.42 Å². The van der Waals surface area contributed by atoms with Gasteiger partial charge < -0.3 is 10.5 Å². The molecule has 1 aromatic rings. The minimum Gasteiger partial charge on any atom is -0.393 e. The summed E-state index contributed by atoms with van der Waals surface area (Å²) in [5.41, 5.74) is 6.10. The summed E-state index contributed by atoms with van der Waals surface area (Å²) in [5.74, 6) is -0.134. The molecular weight excluding hydrogens is 306 g/mol. The molecule has 116 valence electrons. The first-order valence-electron chi connectivity index (χ1n) is 7.06. The van der Waals surface area contributed by atoms with E-state index in [1.54, 1.807) is 6.92 Å². The lowest BCUT2D eigenvalue weighted by Gasteiger charge is -2.16. The van der Waals surface area contributed by atoms with Gasteiger partial charge in [0.2, 0.25) is 0 Å². The van der Waals surface area contributed by atoms with Gasteiger partial charge in [-0.15, -0.1) is 0 Å². The summed E-state index contributed by atoms with van der Waals surface area (Å²) in [6.07, 6.45) is 0. The van der Waals surface area contributed by atoms with Crippen LogP contribution in [-0.4, -0.2) is 37.6 Å². The third-order valence-corrected chi connectivity index (χ3v) is 6.86. The second-order valence-corrected chi connectivity index (χ2v) is 8.15. The van der Waals surface area contributed by atoms with E-state index in [0.717, 1.165) is 5.56 Å². The second kappa shape index (κ2) is 6.02. The van der Waals surface area contributed by atoms with Crippen molar-refractivity contribution in [3.05, 3.63) is 35.9 Å². The van der Waals surface area contributed by atoms with Crippen molar-refractivity contribution in [2.45, 2.75) is 25.0 Å². The first-order valence-corrected chi connectivity index (χ1v) is 9.18. The monoisotopic (exact) mass is 327 g/mol. The summed E-state index contributed by atoms with van der Waals surface area (Å²) < 4.78 is 30.4. The number of sulfone groups is 1. The Morgan fingerprint density at radius 3 is 2.43 bits per heavy atom. The molecule has 0 aromatic heterocycles. The van der Waals surface area contributed by atoms with Gasteiger partial charge in [0.15, 0.2) is 9.84 Å². The van der Waals surface area contributed by atoms with Gasteiger partial charge in [-0.05, 0) is 12.5 Å². The lowest BCUT2D eigenvalue weighted by molar-refractivity contribution is 0.121. The van der Waals surface area contributed by atoms with Crippen molar-refractivity contribution in [1.29, 1.82) is 0 Å². The average molecular weight is 327 g/mol. The molecule has 2 rings (SSSR count). The van der Waals surface area contributed by atoms with Crippen LogP contribution in [-0.2, 0) is 14.6 Å². The first kappa shape index (κ1) is 16.4. The largest absolute Gasteiger partial charge is 0.393 e. The Morgan fingerprint density at radius 1 is 1.33 bits per heavy atom. The van der Waals surface area contributed by atoms with E-state index in [2.05, 4.69) is 0 Å². The van der Waals surface area contributed by atoms with Crippen LogP contribution in [0.25, 0.3) is 0 Å². The summed E-state index contributed by atoms with van der Waals surface area (Å²) in [4.78, 5) is 0.229. The van der Waals surface area contributed by atoms with Crippen molar-refractivity contribution in [2.24, 2.45) is 11.1 Å². The SMILES string of the molecule is CCOCC1(C(N)=S)C(c2ccccc2)C1S(=O)(=O)CC. The molecule has 1 aliphatic rings. The van der Waals surface area contributed by atoms with Crippen LogP contribution in [0.4, 0.5) is 0 Å². The molecule has 3 atom stereocenters. The van der Waals surface area contributed by atoms with Gasteiger partial charge in [-0.25, -0.2) is 8.42 Å². The fourth-order valence-corrected chi connectivity index (χ4v) is 5.52. The highest BCUT2D eigenvalue weighted by atomic mass is 32.2. The molecule has 21 heavy (non-hydrogen) atoms. The van der Waals surface area contributed by atoms with E-state index in [1.807, 2.05) is 37.3 Å². The molecule has 0 bridgehead atoms. The highest BCUT2D eigenvalue weighted by Crippen LogP contribution is 2.63. The maximum Gasteiger partial charge on any atom is 0.154 e. The molecule has 1 aliphatic carbocycles. The Hall–Kier alpha value is -0.980. The van der Waals surface area contributed by atoms with Crippen molar-refractivity contribution >= 4 is 27.0 Å². The van der Waals surface area contributed by atoms with Crippen molar-refractivity contribution in [3.63, 3.8) is 0 Å². The highest BCUT2D eigenvalue weighted by Gasteiger charge is 2.72. The molecule has 0 aliphatic heterocycles. The van der Waals surface area contributed by atoms with Gasteiger partial charge in [0.1, 0.15) is 0 Å². The van der Waals surface area contributed by atoms with Gasteiger partial charge in [-0.2, -0.15) is 0 Å². The van der Waals surface area contributed by atoms with Gasteiger partial charge >= 0.3 is 0 Å². The molecule has 4 nitrogen and oxygen atoms in total. The third kappa shape index (κ3) is 2.72. The van der Waals surface area contributed by atoms with Crippen LogP contribution in [0.15, 0.2) is 30.3 Å². The van der Waals surface area contributed by atoms with Crippen LogP contribution in [0.3, 0.4) is 0 Å². The number of hydrogen-bond acceptors (Lipinski definition) is 4. The van der Waals surface area contributed by atoms with Crippen LogP contribution < -0.4 is 5.73 Å². The molecule has 2 N–H and O–H groups in total. The van der Waals surface area contributed by atoms with E-state index in [1.165, 1.54) is 0 Å². The number of nitrogens with two attached hydrogens (primary N) is 1. The second-order valence-electron chi connectivity index (χ2n) is 5.30. The summed E-state index contributed by atoms with van der Waals surface area (Å²) >= 11 is 5.21. The Labute approximate surface area is 131 Å². The number of ether oxygens (including phenoxy) is 1. The normalized spacial score (nSPS) is 28.3. The maximum atomic E-state index is 12.5.